The molecule has 0 amide bonds. The minimum Gasteiger partial charge on any atom is -0.396 e. The summed E-state index contributed by atoms with van der Waals surface area (Å²) in [6.07, 6.45) is 2.42. The van der Waals surface area contributed by atoms with Gasteiger partial charge in [-0.2, -0.15) is 0 Å². The molecule has 0 saturated heterocycles. The van der Waals surface area contributed by atoms with Gasteiger partial charge in [0.15, 0.2) is 0 Å². The van der Waals surface area contributed by atoms with Crippen LogP contribution in [0, 0.1) is 0 Å². The van der Waals surface area contributed by atoms with Crippen molar-refractivity contribution in [2.24, 2.45) is 0 Å². The quantitative estimate of drug-likeness (QED) is 0.508. The fraction of sp³-hybridized carbons (Fsp3) is 1.00. The topological polar surface area (TPSA) is 20.2 Å². The molecular weight excluding hydrogens is 159 g/mol. The molecule has 0 spiro atoms. The highest BCUT2D eigenvalue weighted by Gasteiger charge is 2.14. The molecule has 0 heterocycles. The third-order valence-corrected chi connectivity index (χ3v) is 1.40. The average Bonchev–Trinajstić information content (AvgIpc) is 1.63. The molecular formula is C6H12Cl2O. The molecule has 0 rings (SSSR count). The van der Waals surface area contributed by atoms with Crippen molar-refractivity contribution in [2.75, 3.05) is 6.61 Å². The average molecular weight is 171 g/mol. The van der Waals surface area contributed by atoms with Crippen LogP contribution in [0.4, 0.5) is 0 Å². The summed E-state index contributed by atoms with van der Waals surface area (Å²) in [6, 6.07) is 0. The molecule has 1 N–H and O–H groups in total. The highest BCUT2D eigenvalue weighted by molar-refractivity contribution is 6.48. The first-order valence-electron chi connectivity index (χ1n) is 3.05. The van der Waals surface area contributed by atoms with Crippen molar-refractivity contribution in [1.29, 1.82) is 0 Å². The molecule has 0 aliphatic rings. The second-order valence-corrected chi connectivity index (χ2v) is 4.11. The number of rotatable bonds is 4. The Kier molecular flexibility index (Phi) is 4.63. The van der Waals surface area contributed by atoms with Crippen LogP contribution in [0.1, 0.15) is 26.2 Å². The first-order valence-corrected chi connectivity index (χ1v) is 3.80. The SMILES string of the molecule is CC(Cl)(Cl)CCCCO. The second kappa shape index (κ2) is 4.37. The van der Waals surface area contributed by atoms with Crippen LogP contribution in [0.25, 0.3) is 0 Å². The third-order valence-electron chi connectivity index (χ3n) is 1.02. The first kappa shape index (κ1) is 9.54. The van der Waals surface area contributed by atoms with Gasteiger partial charge in [0.25, 0.3) is 0 Å². The number of aliphatic hydroxyl groups is 1. The van der Waals surface area contributed by atoms with Crippen LogP contribution in [0.5, 0.6) is 0 Å². The van der Waals surface area contributed by atoms with Gasteiger partial charge >= 0.3 is 0 Å². The van der Waals surface area contributed by atoms with Gasteiger partial charge in [0.05, 0.1) is 0 Å². The summed E-state index contributed by atoms with van der Waals surface area (Å²) in [5.41, 5.74) is 0. The molecule has 0 aliphatic heterocycles. The molecule has 1 nitrogen and oxygen atoms in total. The molecule has 0 bridgehead atoms. The van der Waals surface area contributed by atoms with E-state index in [1.165, 1.54) is 0 Å². The molecule has 0 aromatic rings. The second-order valence-electron chi connectivity index (χ2n) is 2.25. The predicted octanol–water partition coefficient (Wildman–Crippen LogP) is 2.34. The fourth-order valence-corrected chi connectivity index (χ4v) is 0.814. The van der Waals surface area contributed by atoms with Crippen molar-refractivity contribution in [3.05, 3.63) is 0 Å². The van der Waals surface area contributed by atoms with Gasteiger partial charge in [-0.15, -0.1) is 23.2 Å². The van der Waals surface area contributed by atoms with E-state index in [4.69, 9.17) is 28.3 Å². The van der Waals surface area contributed by atoms with Crippen molar-refractivity contribution in [2.45, 2.75) is 30.5 Å². The zero-order chi connectivity index (χ0) is 7.33. The summed E-state index contributed by atoms with van der Waals surface area (Å²) >= 11 is 11.3. The Bertz CT molecular complexity index is 67.9. The minimum absolute atomic E-state index is 0.226. The van der Waals surface area contributed by atoms with E-state index in [2.05, 4.69) is 0 Å². The zero-order valence-electron chi connectivity index (χ0n) is 5.53. The molecule has 3 heteroatoms. The summed E-state index contributed by atoms with van der Waals surface area (Å²) < 4.78 is -0.616. The Hall–Kier alpha value is 0.540. The van der Waals surface area contributed by atoms with E-state index in [9.17, 15) is 0 Å². The van der Waals surface area contributed by atoms with Crippen molar-refractivity contribution in [1.82, 2.24) is 0 Å². The fourth-order valence-electron chi connectivity index (χ4n) is 0.547. The maximum Gasteiger partial charge on any atom is 0.115 e. The molecule has 9 heavy (non-hydrogen) atoms. The number of hydrogen-bond donors (Lipinski definition) is 1. The van der Waals surface area contributed by atoms with E-state index in [1.54, 1.807) is 6.92 Å². The van der Waals surface area contributed by atoms with E-state index in [0.29, 0.717) is 0 Å². The molecule has 0 saturated carbocycles. The summed E-state index contributed by atoms with van der Waals surface area (Å²) in [6.45, 7) is 1.98. The molecule has 0 radical (unpaired) electrons. The van der Waals surface area contributed by atoms with Crippen LogP contribution < -0.4 is 0 Å². The van der Waals surface area contributed by atoms with E-state index >= 15 is 0 Å². The number of hydrogen-bond acceptors (Lipinski definition) is 1. The lowest BCUT2D eigenvalue weighted by Crippen LogP contribution is -2.05. The highest BCUT2D eigenvalue weighted by atomic mass is 35.5. The summed E-state index contributed by atoms with van der Waals surface area (Å²) in [4.78, 5) is 0. The Morgan fingerprint density at radius 1 is 1.33 bits per heavy atom. The Morgan fingerprint density at radius 2 is 1.89 bits per heavy atom. The van der Waals surface area contributed by atoms with E-state index < -0.39 is 4.33 Å². The molecule has 0 aromatic carbocycles. The number of alkyl halides is 2. The monoisotopic (exact) mass is 170 g/mol. The minimum atomic E-state index is -0.616. The van der Waals surface area contributed by atoms with E-state index in [-0.39, 0.29) is 6.61 Å². The highest BCUT2D eigenvalue weighted by Crippen LogP contribution is 2.25. The first-order chi connectivity index (χ1) is 4.06. The third kappa shape index (κ3) is 8.54. The smallest absolute Gasteiger partial charge is 0.115 e. The standard InChI is InChI=1S/C6H12Cl2O/c1-6(7,8)4-2-3-5-9/h9H,2-5H2,1H3. The van der Waals surface area contributed by atoms with Crippen molar-refractivity contribution in [3.63, 3.8) is 0 Å². The van der Waals surface area contributed by atoms with Crippen LogP contribution in [0.15, 0.2) is 0 Å². The van der Waals surface area contributed by atoms with Crippen LogP contribution >= 0.6 is 23.2 Å². The maximum absolute atomic E-state index is 8.38. The van der Waals surface area contributed by atoms with Gasteiger partial charge in [-0.05, 0) is 26.2 Å². The van der Waals surface area contributed by atoms with Gasteiger partial charge in [-0.3, -0.25) is 0 Å². The van der Waals surface area contributed by atoms with Gasteiger partial charge in [0.1, 0.15) is 4.33 Å². The lowest BCUT2D eigenvalue weighted by Gasteiger charge is -2.10. The molecule has 0 atom stereocenters. The maximum atomic E-state index is 8.38. The van der Waals surface area contributed by atoms with Gasteiger partial charge in [0, 0.05) is 6.61 Å². The van der Waals surface area contributed by atoms with Gasteiger partial charge in [-0.1, -0.05) is 0 Å². The van der Waals surface area contributed by atoms with Gasteiger partial charge in [0.2, 0.25) is 0 Å². The van der Waals surface area contributed by atoms with Crippen molar-refractivity contribution in [3.8, 4) is 0 Å². The van der Waals surface area contributed by atoms with E-state index in [0.717, 1.165) is 19.3 Å². The Labute approximate surface area is 66.0 Å². The lowest BCUT2D eigenvalue weighted by molar-refractivity contribution is 0.282. The molecule has 0 aliphatic carbocycles. The van der Waals surface area contributed by atoms with Gasteiger partial charge in [-0.25, -0.2) is 0 Å². The zero-order valence-corrected chi connectivity index (χ0v) is 7.04. The largest absolute Gasteiger partial charge is 0.396 e. The number of aliphatic hydroxyl groups excluding tert-OH is 1. The Morgan fingerprint density at radius 3 is 2.22 bits per heavy atom. The van der Waals surface area contributed by atoms with E-state index in [1.807, 2.05) is 0 Å². The Balaban J connectivity index is 3.07. The predicted molar refractivity (Wildman–Crippen MR) is 41.0 cm³/mol. The molecule has 0 fully saturated rings. The summed E-state index contributed by atoms with van der Waals surface area (Å²) in [5.74, 6) is 0. The summed E-state index contributed by atoms with van der Waals surface area (Å²) in [5, 5.41) is 8.38. The van der Waals surface area contributed by atoms with Gasteiger partial charge < -0.3 is 5.11 Å². The number of unbranched alkanes of at least 4 members (excludes halogenated alkanes) is 1. The normalized spacial score (nSPS) is 12.0. The summed E-state index contributed by atoms with van der Waals surface area (Å²) in [7, 11) is 0. The lowest BCUT2D eigenvalue weighted by atomic mass is 10.2. The molecule has 0 unspecified atom stereocenters. The van der Waals surface area contributed by atoms with Crippen LogP contribution in [-0.4, -0.2) is 16.0 Å². The molecule has 0 aromatic heterocycles. The van der Waals surface area contributed by atoms with Crippen LogP contribution in [0.2, 0.25) is 0 Å². The van der Waals surface area contributed by atoms with Crippen molar-refractivity contribution >= 4 is 23.2 Å². The van der Waals surface area contributed by atoms with Crippen LogP contribution in [0.3, 0.4) is 0 Å². The molecule has 56 valence electrons. The van der Waals surface area contributed by atoms with Crippen molar-refractivity contribution < 1.29 is 5.11 Å². The number of halogens is 2. The van der Waals surface area contributed by atoms with Crippen LogP contribution in [-0.2, 0) is 0 Å².